The molecule has 0 unspecified atom stereocenters. The molecular weight excluding hydrogens is 304 g/mol. The number of amides is 2. The van der Waals surface area contributed by atoms with E-state index < -0.39 is 42.1 Å². The summed E-state index contributed by atoms with van der Waals surface area (Å²) < 4.78 is 9.61. The van der Waals surface area contributed by atoms with Gasteiger partial charge < -0.3 is 25.2 Å². The minimum absolute atomic E-state index is 0.295. The van der Waals surface area contributed by atoms with Gasteiger partial charge in [-0.1, -0.05) is 6.92 Å². The van der Waals surface area contributed by atoms with Crippen molar-refractivity contribution in [1.29, 1.82) is 0 Å². The molecule has 3 N–H and O–H groups in total. The van der Waals surface area contributed by atoms with E-state index in [1.807, 2.05) is 0 Å². The first-order valence-electron chi connectivity index (χ1n) is 7.48. The van der Waals surface area contributed by atoms with E-state index >= 15 is 0 Å². The smallest absolute Gasteiger partial charge is 0.407 e. The quantitative estimate of drug-likeness (QED) is 0.588. The number of methoxy groups -OCH3 is 1. The minimum atomic E-state index is -1.09. The summed E-state index contributed by atoms with van der Waals surface area (Å²) in [5.74, 6) is -1.60. The third kappa shape index (κ3) is 9.02. The Morgan fingerprint density at radius 1 is 1.13 bits per heavy atom. The van der Waals surface area contributed by atoms with Crippen LogP contribution in [-0.4, -0.2) is 54.5 Å². The summed E-state index contributed by atoms with van der Waals surface area (Å²) in [5, 5.41) is 14.1. The van der Waals surface area contributed by atoms with Gasteiger partial charge in [0.25, 0.3) is 0 Å². The highest BCUT2D eigenvalue weighted by molar-refractivity contribution is 5.85. The molecule has 8 nitrogen and oxygen atoms in total. The first-order chi connectivity index (χ1) is 10.5. The van der Waals surface area contributed by atoms with Gasteiger partial charge in [-0.3, -0.25) is 4.79 Å². The summed E-state index contributed by atoms with van der Waals surface area (Å²) in [7, 11) is 1.17. The van der Waals surface area contributed by atoms with Crippen LogP contribution in [-0.2, 0) is 19.1 Å². The second-order valence-corrected chi connectivity index (χ2v) is 6.45. The lowest BCUT2D eigenvalue weighted by Gasteiger charge is -2.23. The first-order valence-corrected chi connectivity index (χ1v) is 7.48. The number of carbonyl (C=O) groups is 3. The summed E-state index contributed by atoms with van der Waals surface area (Å²) in [6.45, 7) is 8.14. The largest absolute Gasteiger partial charge is 0.467 e. The normalized spacial score (nSPS) is 15.1. The maximum absolute atomic E-state index is 12.0. The van der Waals surface area contributed by atoms with Gasteiger partial charge in [-0.25, -0.2) is 9.59 Å². The molecule has 2 amide bonds. The van der Waals surface area contributed by atoms with Crippen LogP contribution in [0.4, 0.5) is 4.79 Å². The molecule has 3 atom stereocenters. The molecule has 0 radical (unpaired) electrons. The van der Waals surface area contributed by atoms with Crippen molar-refractivity contribution >= 4 is 18.0 Å². The molecule has 0 aromatic carbocycles. The monoisotopic (exact) mass is 332 g/mol. The average molecular weight is 332 g/mol. The maximum Gasteiger partial charge on any atom is 0.407 e. The van der Waals surface area contributed by atoms with Crippen molar-refractivity contribution in [2.24, 2.45) is 5.92 Å². The Labute approximate surface area is 136 Å². The van der Waals surface area contributed by atoms with Crippen molar-refractivity contribution in [3.05, 3.63) is 0 Å². The summed E-state index contributed by atoms with van der Waals surface area (Å²) >= 11 is 0. The standard InChI is InChI=1S/C15H28N2O6/c1-9(12(19)17-11(8-18)13(20)22-6)7-10(2)16-14(21)23-15(3,4)5/h9-11,18H,7-8H2,1-6H3,(H,16,21)(H,17,19)/t9-,10+,11+/m1/s1. The zero-order valence-corrected chi connectivity index (χ0v) is 14.6. The number of ether oxygens (including phenoxy) is 2. The SMILES string of the molecule is COC(=O)[C@H](CO)NC(=O)[C@H](C)C[C@H](C)NC(=O)OC(C)(C)C. The number of aliphatic hydroxyl groups is 1. The van der Waals surface area contributed by atoms with E-state index in [9.17, 15) is 14.4 Å². The first kappa shape index (κ1) is 21.2. The van der Waals surface area contributed by atoms with Crippen molar-refractivity contribution in [3.8, 4) is 0 Å². The fourth-order valence-corrected chi connectivity index (χ4v) is 1.84. The molecule has 0 aliphatic carbocycles. The van der Waals surface area contributed by atoms with Crippen LogP contribution < -0.4 is 10.6 Å². The number of esters is 1. The van der Waals surface area contributed by atoms with Crippen molar-refractivity contribution in [3.63, 3.8) is 0 Å². The molecule has 0 bridgehead atoms. The van der Waals surface area contributed by atoms with Gasteiger partial charge in [0.15, 0.2) is 6.04 Å². The van der Waals surface area contributed by atoms with Gasteiger partial charge in [-0.05, 0) is 34.1 Å². The van der Waals surface area contributed by atoms with Gasteiger partial charge in [-0.2, -0.15) is 0 Å². The van der Waals surface area contributed by atoms with Gasteiger partial charge in [0.1, 0.15) is 5.60 Å². The van der Waals surface area contributed by atoms with Gasteiger partial charge in [0, 0.05) is 12.0 Å². The predicted molar refractivity (Wildman–Crippen MR) is 83.6 cm³/mol. The van der Waals surface area contributed by atoms with Crippen LogP contribution in [0.2, 0.25) is 0 Å². The average Bonchev–Trinajstić information content (AvgIpc) is 2.40. The summed E-state index contributed by atoms with van der Waals surface area (Å²) in [6.07, 6.45) is -0.204. The van der Waals surface area contributed by atoms with E-state index in [0.717, 1.165) is 0 Å². The Morgan fingerprint density at radius 3 is 2.13 bits per heavy atom. The molecule has 8 heteroatoms. The second kappa shape index (κ2) is 9.34. The highest BCUT2D eigenvalue weighted by Gasteiger charge is 2.25. The zero-order valence-electron chi connectivity index (χ0n) is 14.6. The third-order valence-corrected chi connectivity index (χ3v) is 2.90. The van der Waals surface area contributed by atoms with E-state index in [2.05, 4.69) is 15.4 Å². The zero-order chi connectivity index (χ0) is 18.2. The third-order valence-electron chi connectivity index (χ3n) is 2.90. The fourth-order valence-electron chi connectivity index (χ4n) is 1.84. The highest BCUT2D eigenvalue weighted by atomic mass is 16.6. The van der Waals surface area contributed by atoms with Crippen LogP contribution in [0.25, 0.3) is 0 Å². The summed E-state index contributed by atoms with van der Waals surface area (Å²) in [6, 6.07) is -1.39. The van der Waals surface area contributed by atoms with E-state index in [1.54, 1.807) is 34.6 Å². The van der Waals surface area contributed by atoms with E-state index in [4.69, 9.17) is 9.84 Å². The predicted octanol–water partition coefficient (Wildman–Crippen LogP) is 0.576. The number of aliphatic hydroxyl groups excluding tert-OH is 1. The Bertz CT molecular complexity index is 419. The number of rotatable bonds is 7. The molecule has 0 rings (SSSR count). The molecule has 0 heterocycles. The summed E-state index contributed by atoms with van der Waals surface area (Å²) in [5.41, 5.74) is -0.596. The topological polar surface area (TPSA) is 114 Å². The molecule has 0 aliphatic rings. The van der Waals surface area contributed by atoms with Gasteiger partial charge in [0.2, 0.25) is 5.91 Å². The van der Waals surface area contributed by atoms with Crippen LogP contribution in [0, 0.1) is 5.92 Å². The molecule has 0 spiro atoms. The van der Waals surface area contributed by atoms with Crippen molar-refractivity contribution in [1.82, 2.24) is 10.6 Å². The molecule has 23 heavy (non-hydrogen) atoms. The van der Waals surface area contributed by atoms with Gasteiger partial charge in [0.05, 0.1) is 13.7 Å². The molecule has 0 fully saturated rings. The van der Waals surface area contributed by atoms with Crippen molar-refractivity contribution < 1.29 is 29.0 Å². The Morgan fingerprint density at radius 2 is 1.70 bits per heavy atom. The molecule has 0 saturated carbocycles. The number of alkyl carbamates (subject to hydrolysis) is 1. The van der Waals surface area contributed by atoms with Crippen LogP contribution in [0.5, 0.6) is 0 Å². The minimum Gasteiger partial charge on any atom is -0.467 e. The van der Waals surface area contributed by atoms with Crippen LogP contribution >= 0.6 is 0 Å². The molecular formula is C15H28N2O6. The van der Waals surface area contributed by atoms with E-state index in [1.165, 1.54) is 7.11 Å². The van der Waals surface area contributed by atoms with E-state index in [-0.39, 0.29) is 6.04 Å². The lowest BCUT2D eigenvalue weighted by atomic mass is 10.0. The highest BCUT2D eigenvalue weighted by Crippen LogP contribution is 2.10. The second-order valence-electron chi connectivity index (χ2n) is 6.45. The Balaban J connectivity index is 4.40. The molecule has 0 saturated heterocycles. The molecule has 134 valence electrons. The molecule has 0 aromatic heterocycles. The van der Waals surface area contributed by atoms with Crippen LogP contribution in [0.1, 0.15) is 41.0 Å². The Kier molecular flexibility index (Phi) is 8.60. The Hall–Kier alpha value is -1.83. The lowest BCUT2D eigenvalue weighted by Crippen LogP contribution is -2.47. The molecule has 0 aromatic rings. The van der Waals surface area contributed by atoms with Gasteiger partial charge in [-0.15, -0.1) is 0 Å². The van der Waals surface area contributed by atoms with Gasteiger partial charge >= 0.3 is 12.1 Å². The molecule has 0 aliphatic heterocycles. The summed E-state index contributed by atoms with van der Waals surface area (Å²) in [4.78, 5) is 35.0. The number of hydrogen-bond acceptors (Lipinski definition) is 6. The maximum atomic E-state index is 12.0. The fraction of sp³-hybridized carbons (Fsp3) is 0.800. The van der Waals surface area contributed by atoms with Crippen LogP contribution in [0.15, 0.2) is 0 Å². The number of hydrogen-bond donors (Lipinski definition) is 3. The van der Waals surface area contributed by atoms with Crippen LogP contribution in [0.3, 0.4) is 0 Å². The number of nitrogens with one attached hydrogen (secondary N) is 2. The van der Waals surface area contributed by atoms with Crippen molar-refractivity contribution in [2.75, 3.05) is 13.7 Å². The van der Waals surface area contributed by atoms with E-state index in [0.29, 0.717) is 6.42 Å². The lowest BCUT2D eigenvalue weighted by molar-refractivity contribution is -0.146. The number of carbonyl (C=O) groups excluding carboxylic acids is 3. The van der Waals surface area contributed by atoms with Crippen molar-refractivity contribution in [2.45, 2.75) is 58.7 Å².